The quantitative estimate of drug-likeness (QED) is 0.526. The van der Waals surface area contributed by atoms with Crippen molar-refractivity contribution in [1.29, 1.82) is 0 Å². The zero-order valence-electron chi connectivity index (χ0n) is 22.0. The predicted octanol–water partition coefficient (Wildman–Crippen LogP) is 4.11. The first kappa shape index (κ1) is 25.6. The number of nitrogens with zero attached hydrogens (tertiary/aromatic N) is 5. The van der Waals surface area contributed by atoms with Crippen molar-refractivity contribution in [3.8, 4) is 16.9 Å². The molecule has 1 saturated heterocycles. The zero-order chi connectivity index (χ0) is 26.0. The Labute approximate surface area is 212 Å². The molecule has 3 heterocycles. The van der Waals surface area contributed by atoms with E-state index in [1.54, 1.807) is 13.2 Å². The number of methoxy groups -OCH3 is 1. The molecule has 3 aromatic rings. The standard InChI is InChI=1S/C26H37N7O3/c1-26(2,3)36-25(34)30-20-8-7-18(13-21(20)35-6)19-14-22(33-23(19)24(27)28-16-29-33)32-11-9-17(10-12-32)15-31(4)5/h7-8,13-14,16-17H,9-12,15H2,1-6H3,(H,30,34)(H2,27,28,29). The molecular formula is C26H37N7O3. The summed E-state index contributed by atoms with van der Waals surface area (Å²) in [6.07, 6.45) is 3.20. The van der Waals surface area contributed by atoms with E-state index in [0.717, 1.165) is 54.9 Å². The summed E-state index contributed by atoms with van der Waals surface area (Å²) >= 11 is 0. The number of amides is 1. The predicted molar refractivity (Wildman–Crippen MR) is 143 cm³/mol. The van der Waals surface area contributed by atoms with Crippen molar-refractivity contribution in [3.63, 3.8) is 0 Å². The van der Waals surface area contributed by atoms with Crippen molar-refractivity contribution >= 4 is 28.9 Å². The maximum Gasteiger partial charge on any atom is 0.412 e. The number of carbonyl (C=O) groups is 1. The lowest BCUT2D eigenvalue weighted by atomic mass is 9.96. The molecule has 0 aliphatic carbocycles. The van der Waals surface area contributed by atoms with Gasteiger partial charge in [-0.2, -0.15) is 5.10 Å². The van der Waals surface area contributed by atoms with E-state index in [2.05, 4.69) is 45.4 Å². The number of ether oxygens (including phenoxy) is 2. The summed E-state index contributed by atoms with van der Waals surface area (Å²) in [4.78, 5) is 21.2. The van der Waals surface area contributed by atoms with E-state index in [1.807, 2.05) is 37.4 Å². The van der Waals surface area contributed by atoms with E-state index in [9.17, 15) is 4.79 Å². The van der Waals surface area contributed by atoms with Gasteiger partial charge in [-0.25, -0.2) is 14.3 Å². The van der Waals surface area contributed by atoms with Crippen LogP contribution in [0.2, 0.25) is 0 Å². The van der Waals surface area contributed by atoms with Crippen LogP contribution in [0.5, 0.6) is 5.75 Å². The molecule has 3 N–H and O–H groups in total. The van der Waals surface area contributed by atoms with E-state index >= 15 is 0 Å². The van der Waals surface area contributed by atoms with Gasteiger partial charge in [0.2, 0.25) is 0 Å². The second kappa shape index (κ2) is 10.2. The number of aromatic nitrogens is 3. The number of hydrogen-bond acceptors (Lipinski definition) is 8. The van der Waals surface area contributed by atoms with Crippen LogP contribution >= 0.6 is 0 Å². The summed E-state index contributed by atoms with van der Waals surface area (Å²) in [7, 11) is 5.82. The first-order chi connectivity index (χ1) is 17.1. The average molecular weight is 496 g/mol. The number of rotatable bonds is 6. The van der Waals surface area contributed by atoms with Crippen molar-refractivity contribution in [2.24, 2.45) is 5.92 Å². The van der Waals surface area contributed by atoms with Crippen LogP contribution in [-0.4, -0.2) is 72.0 Å². The topological polar surface area (TPSA) is 110 Å². The highest BCUT2D eigenvalue weighted by atomic mass is 16.6. The van der Waals surface area contributed by atoms with Crippen LogP contribution < -0.4 is 20.7 Å². The third kappa shape index (κ3) is 5.64. The molecule has 0 spiro atoms. The molecule has 1 amide bonds. The first-order valence-electron chi connectivity index (χ1n) is 12.3. The van der Waals surface area contributed by atoms with Gasteiger partial charge in [0.05, 0.1) is 12.8 Å². The highest BCUT2D eigenvalue weighted by Crippen LogP contribution is 2.38. The summed E-state index contributed by atoms with van der Waals surface area (Å²) in [6, 6.07) is 7.71. The molecule has 1 aliphatic rings. The second-order valence-electron chi connectivity index (χ2n) is 10.6. The van der Waals surface area contributed by atoms with Gasteiger partial charge in [0, 0.05) is 25.2 Å². The molecule has 2 aromatic heterocycles. The Bertz CT molecular complexity index is 1220. The number of piperidine rings is 1. The Morgan fingerprint density at radius 2 is 1.94 bits per heavy atom. The molecule has 1 aromatic carbocycles. The van der Waals surface area contributed by atoms with Crippen molar-refractivity contribution in [3.05, 3.63) is 30.6 Å². The first-order valence-corrected chi connectivity index (χ1v) is 12.3. The number of nitrogen functional groups attached to an aromatic ring is 1. The summed E-state index contributed by atoms with van der Waals surface area (Å²) in [6.45, 7) is 8.47. The summed E-state index contributed by atoms with van der Waals surface area (Å²) < 4.78 is 12.8. The van der Waals surface area contributed by atoms with Gasteiger partial charge in [0.25, 0.3) is 0 Å². The number of nitrogens with one attached hydrogen (secondary N) is 1. The van der Waals surface area contributed by atoms with Gasteiger partial charge in [-0.15, -0.1) is 0 Å². The van der Waals surface area contributed by atoms with Crippen molar-refractivity contribution in [2.75, 3.05) is 56.8 Å². The Balaban J connectivity index is 1.66. The van der Waals surface area contributed by atoms with Crippen LogP contribution in [0, 0.1) is 5.92 Å². The second-order valence-corrected chi connectivity index (χ2v) is 10.6. The van der Waals surface area contributed by atoms with E-state index < -0.39 is 11.7 Å². The lowest BCUT2D eigenvalue weighted by Crippen LogP contribution is -2.37. The summed E-state index contributed by atoms with van der Waals surface area (Å²) in [5, 5.41) is 7.30. The largest absolute Gasteiger partial charge is 0.495 e. The van der Waals surface area contributed by atoms with Gasteiger partial charge < -0.3 is 25.0 Å². The van der Waals surface area contributed by atoms with E-state index in [-0.39, 0.29) is 0 Å². The number of anilines is 3. The molecule has 10 nitrogen and oxygen atoms in total. The van der Waals surface area contributed by atoms with Gasteiger partial charge in [0.15, 0.2) is 5.82 Å². The highest BCUT2D eigenvalue weighted by molar-refractivity contribution is 5.93. The number of benzene rings is 1. The Hall–Kier alpha value is -3.53. The molecular weight excluding hydrogens is 458 g/mol. The average Bonchev–Trinajstić information content (AvgIpc) is 3.19. The molecule has 36 heavy (non-hydrogen) atoms. The van der Waals surface area contributed by atoms with E-state index in [0.29, 0.717) is 23.2 Å². The zero-order valence-corrected chi connectivity index (χ0v) is 22.0. The normalized spacial score (nSPS) is 14.9. The molecule has 0 unspecified atom stereocenters. The SMILES string of the molecule is COc1cc(-c2cc(N3CCC(CN(C)C)CC3)n3ncnc(N)c23)ccc1NC(=O)OC(C)(C)C. The fraction of sp³-hybridized carbons (Fsp3) is 0.500. The lowest BCUT2D eigenvalue weighted by molar-refractivity contribution is 0.0635. The molecule has 1 fully saturated rings. The highest BCUT2D eigenvalue weighted by Gasteiger charge is 2.25. The van der Waals surface area contributed by atoms with Crippen LogP contribution in [0.25, 0.3) is 16.6 Å². The maximum absolute atomic E-state index is 12.3. The number of fused-ring (bicyclic) bond motifs is 1. The van der Waals surface area contributed by atoms with E-state index in [4.69, 9.17) is 15.2 Å². The van der Waals surface area contributed by atoms with Gasteiger partial charge in [-0.3, -0.25) is 5.32 Å². The Morgan fingerprint density at radius 1 is 1.22 bits per heavy atom. The van der Waals surface area contributed by atoms with Crippen LogP contribution in [0.15, 0.2) is 30.6 Å². The molecule has 1 aliphatic heterocycles. The molecule has 194 valence electrons. The van der Waals surface area contributed by atoms with Crippen molar-refractivity contribution < 1.29 is 14.3 Å². The molecule has 0 saturated carbocycles. The van der Waals surface area contributed by atoms with Crippen molar-refractivity contribution in [1.82, 2.24) is 19.5 Å². The Morgan fingerprint density at radius 3 is 2.58 bits per heavy atom. The third-order valence-electron chi connectivity index (χ3n) is 6.27. The van der Waals surface area contributed by atoms with Gasteiger partial charge in [-0.05, 0) is 77.4 Å². The minimum Gasteiger partial charge on any atom is -0.495 e. The van der Waals surface area contributed by atoms with Gasteiger partial charge >= 0.3 is 6.09 Å². The van der Waals surface area contributed by atoms with Crippen LogP contribution in [0.4, 0.5) is 22.1 Å². The fourth-order valence-corrected chi connectivity index (χ4v) is 4.73. The molecule has 10 heteroatoms. The van der Waals surface area contributed by atoms with E-state index in [1.165, 1.54) is 6.33 Å². The smallest absolute Gasteiger partial charge is 0.412 e. The number of carbonyl (C=O) groups excluding carboxylic acids is 1. The number of nitrogens with two attached hydrogens (primary N) is 1. The lowest BCUT2D eigenvalue weighted by Gasteiger charge is -2.34. The number of hydrogen-bond donors (Lipinski definition) is 2. The minimum absolute atomic E-state index is 0.406. The van der Waals surface area contributed by atoms with Crippen LogP contribution in [0.3, 0.4) is 0 Å². The minimum atomic E-state index is -0.600. The van der Waals surface area contributed by atoms with Gasteiger partial charge in [-0.1, -0.05) is 6.07 Å². The van der Waals surface area contributed by atoms with Crippen LogP contribution in [0.1, 0.15) is 33.6 Å². The maximum atomic E-state index is 12.3. The summed E-state index contributed by atoms with van der Waals surface area (Å²) in [5.74, 6) is 2.60. The molecule has 4 rings (SSSR count). The van der Waals surface area contributed by atoms with Gasteiger partial charge in [0.1, 0.15) is 29.0 Å². The third-order valence-corrected chi connectivity index (χ3v) is 6.27. The fourth-order valence-electron chi connectivity index (χ4n) is 4.73. The molecule has 0 atom stereocenters. The monoisotopic (exact) mass is 495 g/mol. The van der Waals surface area contributed by atoms with Crippen LogP contribution in [-0.2, 0) is 4.74 Å². The Kier molecular flexibility index (Phi) is 7.26. The van der Waals surface area contributed by atoms with Crippen molar-refractivity contribution in [2.45, 2.75) is 39.2 Å². The molecule has 0 radical (unpaired) electrons. The summed E-state index contributed by atoms with van der Waals surface area (Å²) in [5.41, 5.74) is 8.79. The molecule has 0 bridgehead atoms.